The van der Waals surface area contributed by atoms with E-state index in [0.717, 1.165) is 12.1 Å². The number of carboxylic acids is 1. The fourth-order valence-corrected chi connectivity index (χ4v) is 1.52. The molecule has 0 aliphatic carbocycles. The van der Waals surface area contributed by atoms with E-state index in [1.807, 2.05) is 0 Å². The normalized spacial score (nSPS) is 13.0. The maximum absolute atomic E-state index is 12.0. The Morgan fingerprint density at radius 3 is 2.40 bits per heavy atom. The molecule has 0 spiro atoms. The van der Waals surface area contributed by atoms with Crippen molar-refractivity contribution < 1.29 is 32.5 Å². The summed E-state index contributed by atoms with van der Waals surface area (Å²) in [6.45, 7) is 0.618. The zero-order valence-electron chi connectivity index (χ0n) is 10.6. The summed E-state index contributed by atoms with van der Waals surface area (Å²) in [4.78, 5) is 11.1. The minimum Gasteiger partial charge on any atom is -0.480 e. The molecule has 2 N–H and O–H groups in total. The molecule has 0 bridgehead atoms. The van der Waals surface area contributed by atoms with Gasteiger partial charge in [-0.1, -0.05) is 12.1 Å². The summed E-state index contributed by atoms with van der Waals surface area (Å²) in [6, 6.07) is 3.64. The lowest BCUT2D eigenvalue weighted by atomic mass is 10.1. The highest BCUT2D eigenvalue weighted by Crippen LogP contribution is 2.24. The second-order valence-electron chi connectivity index (χ2n) is 3.84. The summed E-state index contributed by atoms with van der Waals surface area (Å²) in [6.07, 6.45) is -4.77. The summed E-state index contributed by atoms with van der Waals surface area (Å²) in [5.41, 5.74) is 0.322. The van der Waals surface area contributed by atoms with Crippen LogP contribution >= 0.6 is 0 Å². The Hall–Kier alpha value is -1.80. The summed E-state index contributed by atoms with van der Waals surface area (Å²) < 4.78 is 44.5. The fraction of sp³-hybridized carbons (Fsp3) is 0.417. The van der Waals surface area contributed by atoms with E-state index < -0.39 is 24.1 Å². The number of hydrogen-bond acceptors (Lipinski definition) is 4. The van der Waals surface area contributed by atoms with Gasteiger partial charge < -0.3 is 14.6 Å². The van der Waals surface area contributed by atoms with Crippen molar-refractivity contribution in [3.05, 3.63) is 29.8 Å². The van der Waals surface area contributed by atoms with Crippen molar-refractivity contribution in [3.63, 3.8) is 0 Å². The molecular weight excluding hydrogens is 279 g/mol. The second-order valence-corrected chi connectivity index (χ2v) is 3.84. The number of carboxylic acid groups (broad SMARTS) is 1. The fourth-order valence-electron chi connectivity index (χ4n) is 1.52. The maximum Gasteiger partial charge on any atom is 0.573 e. The number of alkyl halides is 3. The van der Waals surface area contributed by atoms with Gasteiger partial charge in [-0.2, -0.15) is 0 Å². The molecule has 0 aromatic heterocycles. The number of ether oxygens (including phenoxy) is 2. The number of carbonyl (C=O) groups is 1. The quantitative estimate of drug-likeness (QED) is 0.752. The molecule has 1 unspecified atom stereocenters. The monoisotopic (exact) mass is 293 g/mol. The van der Waals surface area contributed by atoms with E-state index in [1.54, 1.807) is 0 Å². The van der Waals surface area contributed by atoms with Gasteiger partial charge in [0.05, 0.1) is 6.61 Å². The van der Waals surface area contributed by atoms with Crippen LogP contribution in [0.25, 0.3) is 0 Å². The van der Waals surface area contributed by atoms with Gasteiger partial charge in [-0.3, -0.25) is 10.1 Å². The van der Waals surface area contributed by atoms with Gasteiger partial charge >= 0.3 is 12.3 Å². The lowest BCUT2D eigenvalue weighted by Gasteiger charge is -2.15. The Labute approximate surface area is 113 Å². The van der Waals surface area contributed by atoms with Crippen molar-refractivity contribution in [3.8, 4) is 5.75 Å². The third-order valence-electron chi connectivity index (χ3n) is 2.35. The molecule has 0 saturated heterocycles. The number of hydrogen-bond donors (Lipinski definition) is 2. The topological polar surface area (TPSA) is 67.8 Å². The highest BCUT2D eigenvalue weighted by Gasteiger charge is 2.31. The molecular formula is C12H14F3NO4. The van der Waals surface area contributed by atoms with Gasteiger partial charge in [0.25, 0.3) is 0 Å². The average Bonchev–Trinajstić information content (AvgIpc) is 2.34. The van der Waals surface area contributed by atoms with Crippen LogP contribution in [0.2, 0.25) is 0 Å². The van der Waals surface area contributed by atoms with Crippen LogP contribution in [0.1, 0.15) is 11.6 Å². The first kappa shape index (κ1) is 16.3. The third kappa shape index (κ3) is 5.45. The van der Waals surface area contributed by atoms with Crippen molar-refractivity contribution >= 4 is 5.97 Å². The maximum atomic E-state index is 12.0. The van der Waals surface area contributed by atoms with Gasteiger partial charge in [-0.15, -0.1) is 13.2 Å². The van der Waals surface area contributed by atoms with Gasteiger partial charge in [0, 0.05) is 13.7 Å². The second kappa shape index (κ2) is 7.11. The van der Waals surface area contributed by atoms with Crippen LogP contribution in [-0.4, -0.2) is 37.7 Å². The molecule has 0 amide bonds. The smallest absolute Gasteiger partial charge is 0.480 e. The summed E-state index contributed by atoms with van der Waals surface area (Å²) in [5.74, 6) is -1.53. The number of aliphatic carboxylic acids is 1. The molecule has 5 nitrogen and oxygen atoms in total. The van der Waals surface area contributed by atoms with Gasteiger partial charge in [-0.05, 0) is 17.7 Å². The zero-order valence-corrected chi connectivity index (χ0v) is 10.6. The molecule has 112 valence electrons. The van der Waals surface area contributed by atoms with Crippen molar-refractivity contribution in [2.75, 3.05) is 20.3 Å². The summed E-state index contributed by atoms with van der Waals surface area (Å²) in [5, 5.41) is 11.8. The zero-order chi connectivity index (χ0) is 15.2. The first-order chi connectivity index (χ1) is 9.33. The molecule has 0 saturated carbocycles. The highest BCUT2D eigenvalue weighted by molar-refractivity contribution is 5.75. The van der Waals surface area contributed by atoms with E-state index in [1.165, 1.54) is 19.2 Å². The van der Waals surface area contributed by atoms with E-state index >= 15 is 0 Å². The molecule has 8 heteroatoms. The van der Waals surface area contributed by atoms with Gasteiger partial charge in [0.2, 0.25) is 0 Å². The lowest BCUT2D eigenvalue weighted by Crippen LogP contribution is -2.31. The Morgan fingerprint density at radius 1 is 1.35 bits per heavy atom. The third-order valence-corrected chi connectivity index (χ3v) is 2.35. The first-order valence-corrected chi connectivity index (χ1v) is 5.64. The highest BCUT2D eigenvalue weighted by atomic mass is 19.4. The summed E-state index contributed by atoms with van der Waals surface area (Å²) >= 11 is 0. The van der Waals surface area contributed by atoms with Crippen LogP contribution in [0.15, 0.2) is 24.3 Å². The predicted molar refractivity (Wildman–Crippen MR) is 63.4 cm³/mol. The molecule has 20 heavy (non-hydrogen) atoms. The van der Waals surface area contributed by atoms with Crippen LogP contribution in [0, 0.1) is 0 Å². The number of benzene rings is 1. The van der Waals surface area contributed by atoms with Crippen LogP contribution in [0.4, 0.5) is 13.2 Å². The number of methoxy groups -OCH3 is 1. The number of halogens is 3. The molecule has 1 rings (SSSR count). The molecule has 0 radical (unpaired) electrons. The van der Waals surface area contributed by atoms with E-state index in [-0.39, 0.29) is 0 Å². The minimum absolute atomic E-state index is 0.300. The Morgan fingerprint density at radius 2 is 1.95 bits per heavy atom. The number of nitrogens with one attached hydrogen (secondary N) is 1. The number of rotatable bonds is 7. The van der Waals surface area contributed by atoms with E-state index in [0.29, 0.717) is 18.7 Å². The molecule has 1 aromatic rings. The largest absolute Gasteiger partial charge is 0.573 e. The van der Waals surface area contributed by atoms with Crippen LogP contribution in [0.5, 0.6) is 5.75 Å². The van der Waals surface area contributed by atoms with Gasteiger partial charge in [0.15, 0.2) is 0 Å². The van der Waals surface area contributed by atoms with Crippen molar-refractivity contribution in [1.29, 1.82) is 0 Å². The van der Waals surface area contributed by atoms with Crippen LogP contribution in [0.3, 0.4) is 0 Å². The predicted octanol–water partition coefficient (Wildman–Crippen LogP) is 1.95. The molecule has 0 aliphatic rings. The Balaban J connectivity index is 2.75. The minimum atomic E-state index is -4.77. The van der Waals surface area contributed by atoms with E-state index in [4.69, 9.17) is 9.84 Å². The van der Waals surface area contributed by atoms with Gasteiger partial charge in [0.1, 0.15) is 11.8 Å². The van der Waals surface area contributed by atoms with Crippen molar-refractivity contribution in [2.24, 2.45) is 0 Å². The van der Waals surface area contributed by atoms with Gasteiger partial charge in [-0.25, -0.2) is 0 Å². The Bertz CT molecular complexity index is 433. The Kier molecular flexibility index (Phi) is 5.78. The summed E-state index contributed by atoms with van der Waals surface area (Å²) in [7, 11) is 1.47. The van der Waals surface area contributed by atoms with Crippen LogP contribution < -0.4 is 10.1 Å². The molecule has 0 heterocycles. The van der Waals surface area contributed by atoms with Crippen molar-refractivity contribution in [2.45, 2.75) is 12.4 Å². The van der Waals surface area contributed by atoms with E-state index in [9.17, 15) is 18.0 Å². The standard InChI is InChI=1S/C12H14F3NO4/c1-19-7-6-16-10(11(17)18)8-2-4-9(5-3-8)20-12(13,14)15/h2-5,10,16H,6-7H2,1H3,(H,17,18). The molecule has 1 aromatic carbocycles. The molecule has 0 aliphatic heterocycles. The van der Waals surface area contributed by atoms with Crippen molar-refractivity contribution in [1.82, 2.24) is 5.32 Å². The average molecular weight is 293 g/mol. The molecule has 0 fully saturated rings. The van der Waals surface area contributed by atoms with Crippen LogP contribution in [-0.2, 0) is 9.53 Å². The SMILES string of the molecule is COCCNC(C(=O)O)c1ccc(OC(F)(F)F)cc1. The van der Waals surface area contributed by atoms with E-state index in [2.05, 4.69) is 10.1 Å². The first-order valence-electron chi connectivity index (χ1n) is 5.64. The lowest BCUT2D eigenvalue weighted by molar-refractivity contribution is -0.274. The molecule has 1 atom stereocenters.